The molecule has 0 unspecified atom stereocenters. The highest BCUT2D eigenvalue weighted by molar-refractivity contribution is 7.14. The van der Waals surface area contributed by atoms with Gasteiger partial charge in [0, 0.05) is 35.6 Å². The summed E-state index contributed by atoms with van der Waals surface area (Å²) < 4.78 is 0. The zero-order valence-corrected chi connectivity index (χ0v) is 17.4. The molecular weight excluding hydrogens is 354 g/mol. The third-order valence-electron chi connectivity index (χ3n) is 5.31. The highest BCUT2D eigenvalue weighted by Gasteiger charge is 2.17. The maximum atomic E-state index is 12.6. The Kier molecular flexibility index (Phi) is 7.27. The fourth-order valence-electron chi connectivity index (χ4n) is 3.60. The number of amides is 1. The van der Waals surface area contributed by atoms with Crippen LogP contribution in [0.1, 0.15) is 58.8 Å². The Morgan fingerprint density at radius 1 is 1.26 bits per heavy atom. The molecule has 1 fully saturated rings. The first-order chi connectivity index (χ1) is 13.2. The molecule has 1 aliphatic heterocycles. The lowest BCUT2D eigenvalue weighted by atomic mass is 9.98. The number of carbonyl (C=O) groups is 1. The average Bonchev–Trinajstić information content (AvgIpc) is 3.20. The van der Waals surface area contributed by atoms with E-state index in [1.807, 2.05) is 18.2 Å². The largest absolute Gasteiger partial charge is 0.348 e. The maximum absolute atomic E-state index is 12.6. The van der Waals surface area contributed by atoms with E-state index in [1.54, 1.807) is 11.3 Å². The number of benzene rings is 1. The van der Waals surface area contributed by atoms with Gasteiger partial charge in [0.25, 0.3) is 0 Å². The number of carbonyl (C=O) groups excluding carboxylic acids is 1. The summed E-state index contributed by atoms with van der Waals surface area (Å²) in [5.41, 5.74) is 2.92. The normalized spacial score (nSPS) is 15.6. The molecule has 1 aromatic carbocycles. The van der Waals surface area contributed by atoms with Gasteiger partial charge >= 0.3 is 0 Å². The number of nitrogens with one attached hydrogen (secondary N) is 1. The van der Waals surface area contributed by atoms with Crippen LogP contribution in [0.5, 0.6) is 0 Å². The first-order valence-corrected chi connectivity index (χ1v) is 11.2. The molecule has 0 bridgehead atoms. The minimum atomic E-state index is 0.0959. The molecule has 4 nitrogen and oxygen atoms in total. The van der Waals surface area contributed by atoms with Crippen molar-refractivity contribution in [2.24, 2.45) is 5.92 Å². The summed E-state index contributed by atoms with van der Waals surface area (Å²) in [6.07, 6.45) is 7.92. The van der Waals surface area contributed by atoms with E-state index in [-0.39, 0.29) is 11.8 Å². The first kappa shape index (κ1) is 19.9. The van der Waals surface area contributed by atoms with Gasteiger partial charge < -0.3 is 10.2 Å². The molecule has 1 atom stereocenters. The van der Waals surface area contributed by atoms with Gasteiger partial charge in [-0.15, -0.1) is 11.3 Å². The highest BCUT2D eigenvalue weighted by atomic mass is 32.1. The van der Waals surface area contributed by atoms with E-state index >= 15 is 0 Å². The van der Waals surface area contributed by atoms with Crippen molar-refractivity contribution in [3.8, 4) is 11.3 Å². The first-order valence-electron chi connectivity index (χ1n) is 10.3. The molecule has 1 aromatic heterocycles. The number of rotatable bonds is 8. The minimum Gasteiger partial charge on any atom is -0.348 e. The average molecular weight is 386 g/mol. The fraction of sp³-hybridized carbons (Fsp3) is 0.545. The number of hydrogen-bond donors (Lipinski definition) is 1. The highest BCUT2D eigenvalue weighted by Crippen LogP contribution is 2.30. The summed E-state index contributed by atoms with van der Waals surface area (Å²) in [6.45, 7) is 6.48. The summed E-state index contributed by atoms with van der Waals surface area (Å²) in [5, 5.41) is 6.35. The SMILES string of the molecule is CCCC[C@@H](CC)C(=O)Nc1cccc(-c2csc(N3CCCCC3)n2)c1. The van der Waals surface area contributed by atoms with Crippen LogP contribution < -0.4 is 10.2 Å². The lowest BCUT2D eigenvalue weighted by Gasteiger charge is -2.25. The standard InChI is InChI=1S/C22H31N3OS/c1-3-5-10-17(4-2)21(26)23-19-12-9-11-18(15-19)20-16-27-22(24-20)25-13-7-6-8-14-25/h9,11-12,15-17H,3-8,10,13-14H2,1-2H3,(H,23,26)/t17-/m1/s1. The Hall–Kier alpha value is -1.88. The van der Waals surface area contributed by atoms with E-state index in [2.05, 4.69) is 35.5 Å². The molecular formula is C22H31N3OS. The molecule has 0 radical (unpaired) electrons. The zero-order valence-electron chi connectivity index (χ0n) is 16.5. The van der Waals surface area contributed by atoms with Crippen LogP contribution in [0.2, 0.25) is 0 Å². The van der Waals surface area contributed by atoms with Gasteiger partial charge in [-0.3, -0.25) is 4.79 Å². The molecule has 0 aliphatic carbocycles. The van der Waals surface area contributed by atoms with Gasteiger partial charge in [0.1, 0.15) is 0 Å². The van der Waals surface area contributed by atoms with Crippen molar-refractivity contribution in [3.05, 3.63) is 29.6 Å². The van der Waals surface area contributed by atoms with E-state index in [0.29, 0.717) is 0 Å². The van der Waals surface area contributed by atoms with Gasteiger partial charge in [0.15, 0.2) is 5.13 Å². The summed E-state index contributed by atoms with van der Waals surface area (Å²) in [4.78, 5) is 19.8. The maximum Gasteiger partial charge on any atom is 0.227 e. The fourth-order valence-corrected chi connectivity index (χ4v) is 4.49. The van der Waals surface area contributed by atoms with Crippen molar-refractivity contribution < 1.29 is 4.79 Å². The summed E-state index contributed by atoms with van der Waals surface area (Å²) in [6, 6.07) is 8.07. The van der Waals surface area contributed by atoms with Crippen LogP contribution in [-0.4, -0.2) is 24.0 Å². The molecule has 1 saturated heterocycles. The molecule has 3 rings (SSSR count). The minimum absolute atomic E-state index is 0.0959. The molecule has 2 heterocycles. The van der Waals surface area contributed by atoms with Crippen LogP contribution in [0, 0.1) is 5.92 Å². The Morgan fingerprint density at radius 3 is 2.81 bits per heavy atom. The molecule has 146 valence electrons. The number of nitrogens with zero attached hydrogens (tertiary/aromatic N) is 2. The number of unbranched alkanes of at least 4 members (excludes halogenated alkanes) is 1. The quantitative estimate of drug-likeness (QED) is 0.610. The van der Waals surface area contributed by atoms with Crippen molar-refractivity contribution in [1.82, 2.24) is 4.98 Å². The van der Waals surface area contributed by atoms with Gasteiger partial charge in [0.05, 0.1) is 5.69 Å². The number of aromatic nitrogens is 1. The summed E-state index contributed by atoms with van der Waals surface area (Å²) in [7, 11) is 0. The molecule has 27 heavy (non-hydrogen) atoms. The molecule has 0 spiro atoms. The van der Waals surface area contributed by atoms with Crippen LogP contribution in [0.25, 0.3) is 11.3 Å². The van der Waals surface area contributed by atoms with Gasteiger partial charge in [-0.05, 0) is 44.2 Å². The van der Waals surface area contributed by atoms with E-state index in [9.17, 15) is 4.79 Å². The Labute approximate surface area is 167 Å². The Bertz CT molecular complexity index is 737. The smallest absolute Gasteiger partial charge is 0.227 e. The predicted octanol–water partition coefficient (Wildman–Crippen LogP) is 5.96. The molecule has 1 N–H and O–H groups in total. The molecule has 2 aromatic rings. The second kappa shape index (κ2) is 9.88. The van der Waals surface area contributed by atoms with Gasteiger partial charge in [-0.2, -0.15) is 0 Å². The summed E-state index contributed by atoms with van der Waals surface area (Å²) >= 11 is 1.72. The van der Waals surface area contributed by atoms with Crippen LogP contribution in [-0.2, 0) is 4.79 Å². The number of anilines is 2. The van der Waals surface area contributed by atoms with Crippen LogP contribution in [0.4, 0.5) is 10.8 Å². The third kappa shape index (κ3) is 5.32. The monoisotopic (exact) mass is 385 g/mol. The van der Waals surface area contributed by atoms with Gasteiger partial charge in [0.2, 0.25) is 5.91 Å². The van der Waals surface area contributed by atoms with Crippen molar-refractivity contribution in [2.75, 3.05) is 23.3 Å². The van der Waals surface area contributed by atoms with Crippen LogP contribution >= 0.6 is 11.3 Å². The summed E-state index contributed by atoms with van der Waals surface area (Å²) in [5.74, 6) is 0.231. The van der Waals surface area contributed by atoms with E-state index in [0.717, 1.165) is 60.8 Å². The Morgan fingerprint density at radius 2 is 2.07 bits per heavy atom. The molecule has 1 aliphatic rings. The van der Waals surface area contributed by atoms with Crippen molar-refractivity contribution in [3.63, 3.8) is 0 Å². The topological polar surface area (TPSA) is 45.2 Å². The second-order valence-corrected chi connectivity index (χ2v) is 8.22. The lowest BCUT2D eigenvalue weighted by molar-refractivity contribution is -0.120. The van der Waals surface area contributed by atoms with Crippen molar-refractivity contribution >= 4 is 28.1 Å². The molecule has 0 saturated carbocycles. The van der Waals surface area contributed by atoms with Crippen molar-refractivity contribution in [1.29, 1.82) is 0 Å². The van der Waals surface area contributed by atoms with Gasteiger partial charge in [-0.25, -0.2) is 4.98 Å². The van der Waals surface area contributed by atoms with Crippen molar-refractivity contribution in [2.45, 2.75) is 58.8 Å². The lowest BCUT2D eigenvalue weighted by Crippen LogP contribution is -2.29. The number of thiazole rings is 1. The molecule has 5 heteroatoms. The third-order valence-corrected chi connectivity index (χ3v) is 6.22. The van der Waals surface area contributed by atoms with Crippen LogP contribution in [0.3, 0.4) is 0 Å². The zero-order chi connectivity index (χ0) is 19.1. The number of piperidine rings is 1. The van der Waals surface area contributed by atoms with E-state index in [1.165, 1.54) is 19.3 Å². The van der Waals surface area contributed by atoms with Crippen LogP contribution in [0.15, 0.2) is 29.6 Å². The molecule has 1 amide bonds. The Balaban J connectivity index is 1.68. The van der Waals surface area contributed by atoms with E-state index in [4.69, 9.17) is 4.98 Å². The van der Waals surface area contributed by atoms with Gasteiger partial charge in [-0.1, -0.05) is 38.8 Å². The second-order valence-electron chi connectivity index (χ2n) is 7.38. The van der Waals surface area contributed by atoms with E-state index < -0.39 is 0 Å². The number of hydrogen-bond acceptors (Lipinski definition) is 4. The predicted molar refractivity (Wildman–Crippen MR) is 116 cm³/mol.